The highest BCUT2D eigenvalue weighted by atomic mass is 32.1. The summed E-state index contributed by atoms with van der Waals surface area (Å²) in [6.45, 7) is 1.86. The van der Waals surface area contributed by atoms with Crippen LogP contribution < -0.4 is 5.32 Å². The standard InChI is InChI=1S/C22H21N5O3S/c1-13-19-16(12-17(18-6-5-11-31-18)24-20(19)26(2)25-13)21(28)23-15-9-7-14(8-10-15)22(29)27(3)30-4/h5-12H,1-4H3,(H,23,28). The number of hydroxylamine groups is 2. The SMILES string of the molecule is CON(C)C(=O)c1ccc(NC(=O)c2cc(-c3cccs3)nc3c2c(C)nn3C)cc1. The number of benzene rings is 1. The molecule has 0 fully saturated rings. The maximum Gasteiger partial charge on any atom is 0.277 e. The number of hydrogen-bond acceptors (Lipinski definition) is 6. The third-order valence-electron chi connectivity index (χ3n) is 4.94. The molecule has 0 saturated heterocycles. The van der Waals surface area contributed by atoms with E-state index >= 15 is 0 Å². The number of thiophene rings is 1. The van der Waals surface area contributed by atoms with Crippen molar-refractivity contribution < 1.29 is 14.4 Å². The van der Waals surface area contributed by atoms with Crippen molar-refractivity contribution in [1.82, 2.24) is 19.8 Å². The van der Waals surface area contributed by atoms with Gasteiger partial charge in [-0.15, -0.1) is 11.3 Å². The van der Waals surface area contributed by atoms with E-state index < -0.39 is 0 Å². The molecule has 0 aliphatic rings. The number of carbonyl (C=O) groups excluding carboxylic acids is 2. The van der Waals surface area contributed by atoms with Crippen molar-refractivity contribution in [1.29, 1.82) is 0 Å². The predicted octanol–water partition coefficient (Wildman–Crippen LogP) is 3.89. The van der Waals surface area contributed by atoms with Crippen LogP contribution in [0.15, 0.2) is 47.8 Å². The Morgan fingerprint density at radius 2 is 1.94 bits per heavy atom. The van der Waals surface area contributed by atoms with Crippen molar-refractivity contribution in [3.05, 3.63) is 64.7 Å². The van der Waals surface area contributed by atoms with Crippen LogP contribution >= 0.6 is 11.3 Å². The molecule has 0 atom stereocenters. The molecule has 158 valence electrons. The Morgan fingerprint density at radius 1 is 1.19 bits per heavy atom. The van der Waals surface area contributed by atoms with Crippen LogP contribution in [-0.2, 0) is 11.9 Å². The second kappa shape index (κ2) is 8.29. The van der Waals surface area contributed by atoms with Crippen LogP contribution in [0.2, 0.25) is 0 Å². The normalized spacial score (nSPS) is 11.0. The van der Waals surface area contributed by atoms with Gasteiger partial charge in [0.2, 0.25) is 0 Å². The molecule has 0 spiro atoms. The molecule has 1 aromatic carbocycles. The van der Waals surface area contributed by atoms with E-state index in [1.54, 1.807) is 46.4 Å². The van der Waals surface area contributed by atoms with Crippen LogP contribution in [0.1, 0.15) is 26.4 Å². The van der Waals surface area contributed by atoms with Crippen LogP contribution in [-0.4, -0.2) is 45.8 Å². The number of aromatic nitrogens is 3. The van der Waals surface area contributed by atoms with Crippen LogP contribution in [0.5, 0.6) is 0 Å². The molecule has 31 heavy (non-hydrogen) atoms. The largest absolute Gasteiger partial charge is 0.322 e. The Morgan fingerprint density at radius 3 is 2.58 bits per heavy atom. The topological polar surface area (TPSA) is 89.3 Å². The molecule has 3 heterocycles. The quantitative estimate of drug-likeness (QED) is 0.481. The van der Waals surface area contributed by atoms with Gasteiger partial charge < -0.3 is 5.32 Å². The fourth-order valence-electron chi connectivity index (χ4n) is 3.33. The van der Waals surface area contributed by atoms with E-state index in [4.69, 9.17) is 9.82 Å². The van der Waals surface area contributed by atoms with E-state index in [9.17, 15) is 9.59 Å². The van der Waals surface area contributed by atoms with Crippen LogP contribution in [0, 0.1) is 6.92 Å². The first-order chi connectivity index (χ1) is 14.9. The molecule has 4 aromatic rings. The van der Waals surface area contributed by atoms with Crippen LogP contribution in [0.25, 0.3) is 21.6 Å². The molecule has 0 aliphatic carbocycles. The van der Waals surface area contributed by atoms with Gasteiger partial charge in [-0.3, -0.25) is 19.1 Å². The van der Waals surface area contributed by atoms with E-state index in [1.165, 1.54) is 14.2 Å². The van der Waals surface area contributed by atoms with Crippen LogP contribution in [0.4, 0.5) is 5.69 Å². The molecular weight excluding hydrogens is 414 g/mol. The average Bonchev–Trinajstić information content (AvgIpc) is 3.41. The Hall–Kier alpha value is -3.56. The van der Waals surface area contributed by atoms with Gasteiger partial charge in [0.05, 0.1) is 34.3 Å². The number of rotatable bonds is 5. The number of carbonyl (C=O) groups is 2. The summed E-state index contributed by atoms with van der Waals surface area (Å²) in [5.41, 5.74) is 3.63. The van der Waals surface area contributed by atoms with E-state index in [1.807, 2.05) is 31.5 Å². The van der Waals surface area contributed by atoms with E-state index in [-0.39, 0.29) is 11.8 Å². The van der Waals surface area contributed by atoms with Gasteiger partial charge >= 0.3 is 0 Å². The first-order valence-electron chi connectivity index (χ1n) is 9.51. The predicted molar refractivity (Wildman–Crippen MR) is 120 cm³/mol. The summed E-state index contributed by atoms with van der Waals surface area (Å²) >= 11 is 1.56. The zero-order valence-corrected chi connectivity index (χ0v) is 18.4. The highest BCUT2D eigenvalue weighted by Gasteiger charge is 2.20. The van der Waals surface area contributed by atoms with Crippen LogP contribution in [0.3, 0.4) is 0 Å². The second-order valence-corrected chi connectivity index (χ2v) is 7.90. The summed E-state index contributed by atoms with van der Waals surface area (Å²) in [5, 5.41) is 11.2. The van der Waals surface area contributed by atoms with Gasteiger partial charge in [0.15, 0.2) is 5.65 Å². The Kier molecular flexibility index (Phi) is 5.53. The van der Waals surface area contributed by atoms with Crippen molar-refractivity contribution in [3.63, 3.8) is 0 Å². The minimum atomic E-state index is -0.275. The average molecular weight is 436 g/mol. The maximum absolute atomic E-state index is 13.2. The van der Waals surface area contributed by atoms with Gasteiger partial charge in [-0.1, -0.05) is 6.07 Å². The Bertz CT molecular complexity index is 1260. The first kappa shape index (κ1) is 20.7. The number of anilines is 1. The highest BCUT2D eigenvalue weighted by Crippen LogP contribution is 2.29. The van der Waals surface area contributed by atoms with Crippen molar-refractivity contribution >= 4 is 39.9 Å². The number of fused-ring (bicyclic) bond motifs is 1. The molecule has 9 heteroatoms. The number of aryl methyl sites for hydroxylation is 2. The molecule has 0 aliphatic heterocycles. The van der Waals surface area contributed by atoms with Gasteiger partial charge in [0.1, 0.15) is 0 Å². The summed E-state index contributed by atoms with van der Waals surface area (Å²) in [6.07, 6.45) is 0. The molecule has 4 rings (SSSR count). The number of hydrogen-bond donors (Lipinski definition) is 1. The number of amides is 2. The summed E-state index contributed by atoms with van der Waals surface area (Å²) in [5.74, 6) is -0.544. The fourth-order valence-corrected chi connectivity index (χ4v) is 4.02. The summed E-state index contributed by atoms with van der Waals surface area (Å²) < 4.78 is 1.69. The number of pyridine rings is 1. The zero-order valence-electron chi connectivity index (χ0n) is 17.5. The lowest BCUT2D eigenvalue weighted by Gasteiger charge is -2.14. The van der Waals surface area contributed by atoms with Gasteiger partial charge in [0, 0.05) is 25.3 Å². The number of nitrogens with zero attached hydrogens (tertiary/aromatic N) is 4. The van der Waals surface area contributed by atoms with Crippen molar-refractivity contribution in [2.75, 3.05) is 19.5 Å². The molecule has 0 radical (unpaired) electrons. The van der Waals surface area contributed by atoms with Gasteiger partial charge in [-0.25, -0.2) is 10.0 Å². The molecule has 1 N–H and O–H groups in total. The summed E-state index contributed by atoms with van der Waals surface area (Å²) in [7, 11) is 4.77. The van der Waals surface area contributed by atoms with Crippen molar-refractivity contribution in [2.24, 2.45) is 7.05 Å². The van der Waals surface area contributed by atoms with Crippen molar-refractivity contribution in [3.8, 4) is 10.6 Å². The molecule has 2 amide bonds. The van der Waals surface area contributed by atoms with Gasteiger partial charge in [-0.05, 0) is 48.7 Å². The molecule has 8 nitrogen and oxygen atoms in total. The van der Waals surface area contributed by atoms with E-state index in [0.717, 1.165) is 21.3 Å². The fraction of sp³-hybridized carbons (Fsp3) is 0.182. The summed E-state index contributed by atoms with van der Waals surface area (Å²) in [4.78, 5) is 36.0. The van der Waals surface area contributed by atoms with Gasteiger partial charge in [0.25, 0.3) is 11.8 Å². The maximum atomic E-state index is 13.2. The zero-order chi connectivity index (χ0) is 22.1. The van der Waals surface area contributed by atoms with E-state index in [2.05, 4.69) is 10.4 Å². The minimum Gasteiger partial charge on any atom is -0.322 e. The highest BCUT2D eigenvalue weighted by molar-refractivity contribution is 7.13. The molecule has 3 aromatic heterocycles. The first-order valence-corrected chi connectivity index (χ1v) is 10.4. The smallest absolute Gasteiger partial charge is 0.277 e. The summed E-state index contributed by atoms with van der Waals surface area (Å²) in [6, 6.07) is 12.4. The monoisotopic (exact) mass is 435 g/mol. The lowest BCUT2D eigenvalue weighted by molar-refractivity contribution is -0.0756. The third-order valence-corrected chi connectivity index (χ3v) is 5.83. The van der Waals surface area contributed by atoms with Gasteiger partial charge in [-0.2, -0.15) is 5.10 Å². The second-order valence-electron chi connectivity index (χ2n) is 6.96. The molecule has 0 bridgehead atoms. The lowest BCUT2D eigenvalue weighted by Crippen LogP contribution is -2.25. The third kappa shape index (κ3) is 3.92. The van der Waals surface area contributed by atoms with Crippen molar-refractivity contribution in [2.45, 2.75) is 6.92 Å². The Labute approximate surface area is 183 Å². The molecule has 0 unspecified atom stereocenters. The Balaban J connectivity index is 1.68. The minimum absolute atomic E-state index is 0.269. The van der Waals surface area contributed by atoms with E-state index in [0.29, 0.717) is 27.8 Å². The number of nitrogens with one attached hydrogen (secondary N) is 1. The molecular formula is C22H21N5O3S. The lowest BCUT2D eigenvalue weighted by atomic mass is 10.1. The molecule has 0 saturated carbocycles.